The maximum Gasteiger partial charge on any atom is 0.223 e. The summed E-state index contributed by atoms with van der Waals surface area (Å²) >= 11 is 0. The van der Waals surface area contributed by atoms with Crippen LogP contribution in [0.1, 0.15) is 25.1 Å². The molecule has 96 valence electrons. The van der Waals surface area contributed by atoms with Crippen LogP contribution in [0.15, 0.2) is 12.4 Å². The first-order valence-electron chi connectivity index (χ1n) is 7.10. The van der Waals surface area contributed by atoms with E-state index in [-0.39, 0.29) is 0 Å². The van der Waals surface area contributed by atoms with E-state index in [1.807, 2.05) is 6.20 Å². The topological polar surface area (TPSA) is 57.8 Å². The Morgan fingerprint density at radius 3 is 2.83 bits per heavy atom. The molecule has 1 aromatic rings. The Hall–Kier alpha value is -1.32. The summed E-state index contributed by atoms with van der Waals surface area (Å²) in [6.07, 6.45) is 8.53. The van der Waals surface area contributed by atoms with Crippen LogP contribution >= 0.6 is 0 Å². The number of H-pyrrole nitrogens is 1. The number of amides is 1. The molecule has 1 unspecified atom stereocenters. The standard InChI is InChI=1S/C14H19N3O/c18-14(17-4-3-10-15-5-6-16-10)13-11-8-1-2-9(7-8)12(11)13/h5-6,8-9,11-13H,1-4,7H2,(H,15,16)(H,17,18)/t8-,9+,11+,12-,13?. The molecule has 0 saturated heterocycles. The Labute approximate surface area is 107 Å². The van der Waals surface area contributed by atoms with E-state index >= 15 is 0 Å². The van der Waals surface area contributed by atoms with Gasteiger partial charge in [0, 0.05) is 31.3 Å². The molecule has 0 spiro atoms. The smallest absolute Gasteiger partial charge is 0.223 e. The summed E-state index contributed by atoms with van der Waals surface area (Å²) in [6.45, 7) is 0.706. The van der Waals surface area contributed by atoms with Gasteiger partial charge in [-0.1, -0.05) is 0 Å². The minimum absolute atomic E-state index is 0.299. The monoisotopic (exact) mass is 245 g/mol. The molecule has 4 nitrogen and oxygen atoms in total. The van der Waals surface area contributed by atoms with Crippen molar-refractivity contribution in [3.8, 4) is 0 Å². The number of nitrogens with zero attached hydrogens (tertiary/aromatic N) is 1. The largest absolute Gasteiger partial charge is 0.355 e. The maximum absolute atomic E-state index is 12.1. The van der Waals surface area contributed by atoms with Gasteiger partial charge >= 0.3 is 0 Å². The third kappa shape index (κ3) is 1.51. The molecule has 0 radical (unpaired) electrons. The van der Waals surface area contributed by atoms with Crippen molar-refractivity contribution in [1.82, 2.24) is 15.3 Å². The predicted molar refractivity (Wildman–Crippen MR) is 66.6 cm³/mol. The molecule has 3 aliphatic rings. The highest BCUT2D eigenvalue weighted by Crippen LogP contribution is 2.69. The predicted octanol–water partition coefficient (Wildman–Crippen LogP) is 1.36. The lowest BCUT2D eigenvalue weighted by Gasteiger charge is -2.09. The number of hydrogen-bond donors (Lipinski definition) is 2. The first kappa shape index (κ1) is 10.6. The highest BCUT2D eigenvalue weighted by atomic mass is 16.2. The van der Waals surface area contributed by atoms with Crippen LogP contribution in [0.3, 0.4) is 0 Å². The van der Waals surface area contributed by atoms with Crippen LogP contribution in [-0.4, -0.2) is 22.4 Å². The molecule has 2 bridgehead atoms. The van der Waals surface area contributed by atoms with Crippen molar-refractivity contribution in [1.29, 1.82) is 0 Å². The number of aromatic amines is 1. The summed E-state index contributed by atoms with van der Waals surface area (Å²) in [7, 11) is 0. The number of fused-ring (bicyclic) bond motifs is 5. The molecule has 1 aromatic heterocycles. The average molecular weight is 245 g/mol. The Kier molecular flexibility index (Phi) is 2.26. The number of rotatable bonds is 4. The summed E-state index contributed by atoms with van der Waals surface area (Å²) < 4.78 is 0. The lowest BCUT2D eigenvalue weighted by molar-refractivity contribution is -0.123. The number of nitrogens with one attached hydrogen (secondary N) is 2. The summed E-state index contributed by atoms with van der Waals surface area (Å²) in [5.74, 6) is 4.84. The molecular weight excluding hydrogens is 226 g/mol. The zero-order valence-electron chi connectivity index (χ0n) is 10.4. The molecule has 18 heavy (non-hydrogen) atoms. The van der Waals surface area contributed by atoms with E-state index in [2.05, 4.69) is 15.3 Å². The molecule has 0 aliphatic heterocycles. The van der Waals surface area contributed by atoms with Crippen molar-refractivity contribution in [2.45, 2.75) is 25.7 Å². The van der Waals surface area contributed by atoms with E-state index in [0.29, 0.717) is 18.4 Å². The number of hydrogen-bond acceptors (Lipinski definition) is 2. The Morgan fingerprint density at radius 2 is 2.17 bits per heavy atom. The average Bonchev–Trinajstić information content (AvgIpc) is 2.80. The van der Waals surface area contributed by atoms with Crippen LogP contribution in [0.2, 0.25) is 0 Å². The van der Waals surface area contributed by atoms with Gasteiger partial charge in [0.25, 0.3) is 0 Å². The number of imidazole rings is 1. The van der Waals surface area contributed by atoms with Gasteiger partial charge in [0.05, 0.1) is 0 Å². The Balaban J connectivity index is 1.28. The van der Waals surface area contributed by atoms with Crippen molar-refractivity contribution < 1.29 is 4.79 Å². The van der Waals surface area contributed by atoms with Crippen molar-refractivity contribution in [3.63, 3.8) is 0 Å². The number of carbonyl (C=O) groups excluding carboxylic acids is 1. The fourth-order valence-electron chi connectivity index (χ4n) is 4.53. The Bertz CT molecular complexity index is 440. The van der Waals surface area contributed by atoms with Gasteiger partial charge in [0.2, 0.25) is 5.91 Å². The van der Waals surface area contributed by atoms with E-state index in [9.17, 15) is 4.79 Å². The first-order chi connectivity index (χ1) is 8.84. The van der Waals surface area contributed by atoms with Gasteiger partial charge in [-0.05, 0) is 42.9 Å². The second-order valence-electron chi connectivity index (χ2n) is 6.09. The SMILES string of the molecule is O=C(NCCc1ncc[nH]1)C1[C@@H]2[C@H]3CC[C@H](C3)[C@H]12. The molecule has 4 rings (SSSR count). The van der Waals surface area contributed by atoms with Crippen LogP contribution in [0.25, 0.3) is 0 Å². The second kappa shape index (κ2) is 3.84. The first-order valence-corrected chi connectivity index (χ1v) is 7.10. The number of aromatic nitrogens is 2. The van der Waals surface area contributed by atoms with Crippen LogP contribution in [-0.2, 0) is 11.2 Å². The summed E-state index contributed by atoms with van der Waals surface area (Å²) in [4.78, 5) is 19.3. The molecule has 1 amide bonds. The molecular formula is C14H19N3O. The van der Waals surface area contributed by atoms with Crippen molar-refractivity contribution in [2.75, 3.05) is 6.54 Å². The Morgan fingerprint density at radius 1 is 1.39 bits per heavy atom. The minimum Gasteiger partial charge on any atom is -0.355 e. The summed E-state index contributed by atoms with van der Waals surface area (Å²) in [6, 6.07) is 0. The van der Waals surface area contributed by atoms with E-state index in [4.69, 9.17) is 0 Å². The van der Waals surface area contributed by atoms with Gasteiger partial charge in [-0.2, -0.15) is 0 Å². The van der Waals surface area contributed by atoms with E-state index in [0.717, 1.165) is 35.9 Å². The highest BCUT2D eigenvalue weighted by Gasteiger charge is 2.67. The van der Waals surface area contributed by atoms with Gasteiger partial charge in [-0.25, -0.2) is 4.98 Å². The third-order valence-corrected chi connectivity index (χ3v) is 5.25. The van der Waals surface area contributed by atoms with Crippen LogP contribution in [0.5, 0.6) is 0 Å². The van der Waals surface area contributed by atoms with Crippen LogP contribution in [0, 0.1) is 29.6 Å². The molecule has 1 heterocycles. The second-order valence-corrected chi connectivity index (χ2v) is 6.09. The molecule has 0 aromatic carbocycles. The number of carbonyl (C=O) groups is 1. The zero-order chi connectivity index (χ0) is 12.1. The van der Waals surface area contributed by atoms with Gasteiger partial charge in [-0.15, -0.1) is 0 Å². The van der Waals surface area contributed by atoms with Gasteiger partial charge < -0.3 is 10.3 Å². The van der Waals surface area contributed by atoms with Crippen molar-refractivity contribution in [3.05, 3.63) is 18.2 Å². The van der Waals surface area contributed by atoms with E-state index < -0.39 is 0 Å². The molecule has 3 fully saturated rings. The molecule has 5 atom stereocenters. The van der Waals surface area contributed by atoms with Crippen molar-refractivity contribution in [2.24, 2.45) is 29.6 Å². The molecule has 4 heteroatoms. The fraction of sp³-hybridized carbons (Fsp3) is 0.714. The maximum atomic E-state index is 12.1. The van der Waals surface area contributed by atoms with E-state index in [1.165, 1.54) is 19.3 Å². The molecule has 3 aliphatic carbocycles. The fourth-order valence-corrected chi connectivity index (χ4v) is 4.53. The molecule has 2 N–H and O–H groups in total. The van der Waals surface area contributed by atoms with E-state index in [1.54, 1.807) is 6.20 Å². The van der Waals surface area contributed by atoms with Gasteiger partial charge in [0.1, 0.15) is 5.82 Å². The quantitative estimate of drug-likeness (QED) is 0.841. The van der Waals surface area contributed by atoms with Crippen LogP contribution < -0.4 is 5.32 Å². The molecule has 3 saturated carbocycles. The minimum atomic E-state index is 0.299. The van der Waals surface area contributed by atoms with Crippen molar-refractivity contribution >= 4 is 5.91 Å². The normalized spacial score (nSPS) is 39.7. The van der Waals surface area contributed by atoms with Gasteiger partial charge in [-0.3, -0.25) is 4.79 Å². The highest BCUT2D eigenvalue weighted by molar-refractivity contribution is 5.82. The lowest BCUT2D eigenvalue weighted by Crippen LogP contribution is -2.29. The van der Waals surface area contributed by atoms with Crippen LogP contribution in [0.4, 0.5) is 0 Å². The third-order valence-electron chi connectivity index (χ3n) is 5.25. The summed E-state index contributed by atoms with van der Waals surface area (Å²) in [5.41, 5.74) is 0. The lowest BCUT2D eigenvalue weighted by atomic mass is 10.0. The summed E-state index contributed by atoms with van der Waals surface area (Å²) in [5, 5.41) is 3.08. The van der Waals surface area contributed by atoms with Gasteiger partial charge in [0.15, 0.2) is 0 Å². The zero-order valence-corrected chi connectivity index (χ0v) is 10.4.